The zero-order valence-corrected chi connectivity index (χ0v) is 30.7. The van der Waals surface area contributed by atoms with E-state index in [1.807, 2.05) is 6.07 Å². The van der Waals surface area contributed by atoms with Crippen LogP contribution < -0.4 is 5.32 Å². The van der Waals surface area contributed by atoms with Gasteiger partial charge in [0, 0.05) is 22.1 Å². The summed E-state index contributed by atoms with van der Waals surface area (Å²) in [6, 6.07) is 73.0. The van der Waals surface area contributed by atoms with E-state index < -0.39 is 0 Å². The highest BCUT2D eigenvalue weighted by Gasteiger charge is 2.21. The Kier molecular flexibility index (Phi) is 8.58. The first-order chi connectivity index (χ1) is 27.7. The molecular weight excluding hydrogens is 679 g/mol. The summed E-state index contributed by atoms with van der Waals surface area (Å²) in [5.41, 5.74) is 14.3. The largest absolute Gasteiger partial charge is 0.359 e. The molecule has 0 bridgehead atoms. The van der Waals surface area contributed by atoms with Gasteiger partial charge in [-0.1, -0.05) is 182 Å². The molecule has 0 spiro atoms. The molecule has 3 heteroatoms. The van der Waals surface area contributed by atoms with Crippen molar-refractivity contribution in [3.63, 3.8) is 0 Å². The predicted molar refractivity (Wildman–Crippen MR) is 234 cm³/mol. The van der Waals surface area contributed by atoms with Gasteiger partial charge in [-0.15, -0.1) is 0 Å². The maximum Gasteiger partial charge on any atom is 0.134 e. The summed E-state index contributed by atoms with van der Waals surface area (Å²) >= 11 is 0. The Morgan fingerprint density at radius 2 is 1.00 bits per heavy atom. The molecule has 0 aliphatic carbocycles. The van der Waals surface area contributed by atoms with Crippen LogP contribution in [0.2, 0.25) is 0 Å². The van der Waals surface area contributed by atoms with E-state index in [9.17, 15) is 0 Å². The number of amidine groups is 1. The summed E-state index contributed by atoms with van der Waals surface area (Å²) in [5.74, 6) is 0.837. The van der Waals surface area contributed by atoms with Crippen molar-refractivity contribution < 1.29 is 0 Å². The fourth-order valence-electron chi connectivity index (χ4n) is 7.86. The second kappa shape index (κ2) is 14.5. The molecule has 1 aromatic heterocycles. The Hall–Kier alpha value is -7.36. The van der Waals surface area contributed by atoms with E-state index in [0.29, 0.717) is 0 Å². The standard InChI is InChI=1S/C53H37N3/c1-4-14-36(15-5-1)42-21-12-23-44(32-42)50-35-51(45-24-13-22-43(33-45)37-16-6-2-7-17-37)56-53(55-50)41-28-26-39(27-29-41)47-34-49(40-19-8-3-9-20-40)54-48-31-30-38-18-10-11-25-46(38)52(47)48/h1-35,50H,(H,55,56). The molecule has 1 unspecified atom stereocenters. The van der Waals surface area contributed by atoms with Crippen LogP contribution in [0.5, 0.6) is 0 Å². The Bertz CT molecular complexity index is 2910. The molecular formula is C53H37N3. The number of pyridine rings is 1. The molecule has 0 radical (unpaired) electrons. The summed E-state index contributed by atoms with van der Waals surface area (Å²) in [5, 5.41) is 7.37. The quantitative estimate of drug-likeness (QED) is 0.167. The van der Waals surface area contributed by atoms with Crippen molar-refractivity contribution in [2.24, 2.45) is 4.99 Å². The van der Waals surface area contributed by atoms with Crippen LogP contribution in [-0.4, -0.2) is 10.8 Å². The molecule has 0 saturated carbocycles. The molecule has 0 amide bonds. The zero-order valence-electron chi connectivity index (χ0n) is 30.7. The van der Waals surface area contributed by atoms with E-state index in [-0.39, 0.29) is 6.04 Å². The normalized spacial score (nSPS) is 13.9. The van der Waals surface area contributed by atoms with Crippen LogP contribution in [0.1, 0.15) is 22.7 Å². The van der Waals surface area contributed by atoms with E-state index in [0.717, 1.165) is 55.9 Å². The average molecular weight is 716 g/mol. The topological polar surface area (TPSA) is 37.3 Å². The van der Waals surface area contributed by atoms with Gasteiger partial charge in [-0.05, 0) is 80.1 Å². The van der Waals surface area contributed by atoms with Gasteiger partial charge < -0.3 is 5.32 Å². The monoisotopic (exact) mass is 715 g/mol. The van der Waals surface area contributed by atoms with Crippen LogP contribution in [0.25, 0.3) is 72.0 Å². The van der Waals surface area contributed by atoms with Crippen molar-refractivity contribution in [2.75, 3.05) is 0 Å². The predicted octanol–water partition coefficient (Wildman–Crippen LogP) is 13.2. The van der Waals surface area contributed by atoms with Gasteiger partial charge >= 0.3 is 0 Å². The molecule has 1 atom stereocenters. The lowest BCUT2D eigenvalue weighted by atomic mass is 9.93. The second-order valence-corrected chi connectivity index (χ2v) is 14.3. The summed E-state index contributed by atoms with van der Waals surface area (Å²) in [6.07, 6.45) is 2.26. The van der Waals surface area contributed by atoms with E-state index >= 15 is 0 Å². The maximum absolute atomic E-state index is 5.32. The first-order valence-electron chi connectivity index (χ1n) is 19.1. The van der Waals surface area contributed by atoms with Gasteiger partial charge in [0.1, 0.15) is 5.84 Å². The second-order valence-electron chi connectivity index (χ2n) is 14.3. The Balaban J connectivity index is 1.08. The van der Waals surface area contributed by atoms with Crippen molar-refractivity contribution in [1.82, 2.24) is 10.3 Å². The first-order valence-corrected chi connectivity index (χ1v) is 19.1. The van der Waals surface area contributed by atoms with Crippen LogP contribution in [0, 0.1) is 0 Å². The molecule has 3 nitrogen and oxygen atoms in total. The molecule has 264 valence electrons. The fraction of sp³-hybridized carbons (Fsp3) is 0.0189. The summed E-state index contributed by atoms with van der Waals surface area (Å²) in [7, 11) is 0. The van der Waals surface area contributed by atoms with Crippen LogP contribution >= 0.6 is 0 Å². The maximum atomic E-state index is 5.32. The third-order valence-corrected chi connectivity index (χ3v) is 10.7. The van der Waals surface area contributed by atoms with E-state index in [1.54, 1.807) is 0 Å². The SMILES string of the molecule is C1=C(c2cccc(-c3ccccc3)c2)N=C(c2ccc(-c3cc(-c4ccccc4)nc4ccc5ccccc5c34)cc2)NC1c1cccc(-c2ccccc2)c1. The van der Waals surface area contributed by atoms with Gasteiger partial charge in [-0.3, -0.25) is 0 Å². The number of rotatable bonds is 7. The van der Waals surface area contributed by atoms with E-state index in [1.165, 1.54) is 38.6 Å². The summed E-state index contributed by atoms with van der Waals surface area (Å²) in [6.45, 7) is 0. The van der Waals surface area contributed by atoms with Gasteiger partial charge in [-0.25, -0.2) is 9.98 Å². The lowest BCUT2D eigenvalue weighted by molar-refractivity contribution is 0.781. The lowest BCUT2D eigenvalue weighted by Crippen LogP contribution is -2.31. The molecule has 10 rings (SSSR count). The number of benzene rings is 8. The minimum absolute atomic E-state index is 0.0924. The molecule has 8 aromatic carbocycles. The average Bonchev–Trinajstić information content (AvgIpc) is 3.29. The first kappa shape index (κ1) is 33.2. The van der Waals surface area contributed by atoms with E-state index in [4.69, 9.17) is 9.98 Å². The Morgan fingerprint density at radius 3 is 1.73 bits per heavy atom. The van der Waals surface area contributed by atoms with Crippen molar-refractivity contribution in [3.8, 4) is 44.6 Å². The highest BCUT2D eigenvalue weighted by Crippen LogP contribution is 2.37. The summed E-state index contributed by atoms with van der Waals surface area (Å²) < 4.78 is 0. The number of nitrogens with one attached hydrogen (secondary N) is 1. The van der Waals surface area contributed by atoms with Crippen LogP contribution in [0.3, 0.4) is 0 Å². The number of fused-ring (bicyclic) bond motifs is 3. The molecule has 1 N–H and O–H groups in total. The van der Waals surface area contributed by atoms with Crippen LogP contribution in [0.4, 0.5) is 0 Å². The Labute approximate surface area is 327 Å². The highest BCUT2D eigenvalue weighted by molar-refractivity contribution is 6.14. The highest BCUT2D eigenvalue weighted by atomic mass is 15.0. The van der Waals surface area contributed by atoms with Gasteiger partial charge in [0.05, 0.1) is 22.9 Å². The summed E-state index contributed by atoms with van der Waals surface area (Å²) in [4.78, 5) is 10.5. The number of aliphatic imine (C=N–C) groups is 1. The molecule has 56 heavy (non-hydrogen) atoms. The smallest absolute Gasteiger partial charge is 0.134 e. The van der Waals surface area contributed by atoms with Crippen LogP contribution in [-0.2, 0) is 0 Å². The minimum Gasteiger partial charge on any atom is -0.359 e. The van der Waals surface area contributed by atoms with Crippen molar-refractivity contribution in [2.45, 2.75) is 6.04 Å². The minimum atomic E-state index is -0.0924. The van der Waals surface area contributed by atoms with Crippen molar-refractivity contribution in [3.05, 3.63) is 229 Å². The van der Waals surface area contributed by atoms with Gasteiger partial charge in [0.25, 0.3) is 0 Å². The fourth-order valence-corrected chi connectivity index (χ4v) is 7.86. The molecule has 1 aliphatic rings. The Morgan fingerprint density at radius 1 is 0.411 bits per heavy atom. The third kappa shape index (κ3) is 6.46. The number of aromatic nitrogens is 1. The molecule has 0 fully saturated rings. The lowest BCUT2D eigenvalue weighted by Gasteiger charge is -2.25. The van der Waals surface area contributed by atoms with Gasteiger partial charge in [0.2, 0.25) is 0 Å². The number of nitrogens with zero attached hydrogens (tertiary/aromatic N) is 2. The number of hydrogen-bond donors (Lipinski definition) is 1. The van der Waals surface area contributed by atoms with Crippen LogP contribution in [0.15, 0.2) is 217 Å². The molecule has 0 saturated heterocycles. The molecule has 9 aromatic rings. The third-order valence-electron chi connectivity index (χ3n) is 10.7. The molecule has 1 aliphatic heterocycles. The van der Waals surface area contributed by atoms with E-state index in [2.05, 4.69) is 212 Å². The van der Waals surface area contributed by atoms with Gasteiger partial charge in [-0.2, -0.15) is 0 Å². The van der Waals surface area contributed by atoms with Crippen molar-refractivity contribution in [1.29, 1.82) is 0 Å². The van der Waals surface area contributed by atoms with Gasteiger partial charge in [0.15, 0.2) is 0 Å². The zero-order chi connectivity index (χ0) is 37.3. The molecule has 2 heterocycles. The van der Waals surface area contributed by atoms with Crippen molar-refractivity contribution >= 4 is 33.2 Å². The number of hydrogen-bond acceptors (Lipinski definition) is 3.